The maximum Gasteiger partial charge on any atom is 0.0537 e. The topological polar surface area (TPSA) is 34.2 Å². The molecule has 0 bridgehead atoms. The van der Waals surface area contributed by atoms with Gasteiger partial charge >= 0.3 is 0 Å². The lowest BCUT2D eigenvalue weighted by molar-refractivity contribution is 0.565. The van der Waals surface area contributed by atoms with Crippen LogP contribution in [0.25, 0.3) is 33.9 Å². The van der Waals surface area contributed by atoms with Crippen LogP contribution in [0.5, 0.6) is 0 Å². The fraction of sp³-hybridized carbons (Fsp3) is 0.234. The predicted molar refractivity (Wildman–Crippen MR) is 212 cm³/mol. The molecule has 4 aliphatic rings. The first-order valence-electron chi connectivity index (χ1n) is 18.6. The standard InChI is InChI=1S/C47H45N3/c1-2-3-18-43(48)36-14-11-15-38(29-36)50-45-20-10-8-17-40(45)42-31-35(24-28-47(42)50)34-23-27-46-41(30-34)39-16-7-9-19-44(39)49(46)37-25-21-33(22-26-37)32-12-5-4-6-13-32/h2-3,5,7-9,11-12,14-19,21-22,24-26,28-32,40,45H,4,6,10,13,20,23,27,48H2,1H3/b3-2-,43-18-. The van der Waals surface area contributed by atoms with E-state index in [0.717, 1.165) is 36.9 Å². The van der Waals surface area contributed by atoms with Crippen molar-refractivity contribution in [1.82, 2.24) is 4.57 Å². The molecule has 3 aliphatic carbocycles. The second kappa shape index (κ2) is 12.9. The Morgan fingerprint density at radius 1 is 0.820 bits per heavy atom. The van der Waals surface area contributed by atoms with Gasteiger partial charge in [0.25, 0.3) is 0 Å². The van der Waals surface area contributed by atoms with Crippen molar-refractivity contribution in [3.05, 3.63) is 167 Å². The number of allylic oxidation sites excluding steroid dienone is 7. The summed E-state index contributed by atoms with van der Waals surface area (Å²) in [6, 6.07) is 34.8. The molecule has 3 unspecified atom stereocenters. The number of hydrogen-bond donors (Lipinski definition) is 1. The minimum atomic E-state index is 0.381. The van der Waals surface area contributed by atoms with Crippen molar-refractivity contribution in [3.8, 4) is 5.69 Å². The first-order chi connectivity index (χ1) is 24.7. The quantitative estimate of drug-likeness (QED) is 0.146. The van der Waals surface area contributed by atoms with Gasteiger partial charge in [-0.3, -0.25) is 0 Å². The van der Waals surface area contributed by atoms with Crippen molar-refractivity contribution in [2.75, 3.05) is 4.90 Å². The normalized spacial score (nSPS) is 21.4. The average Bonchev–Trinajstić information content (AvgIpc) is 3.69. The van der Waals surface area contributed by atoms with Crippen molar-refractivity contribution in [2.45, 2.75) is 69.7 Å². The molecular weight excluding hydrogens is 607 g/mol. The van der Waals surface area contributed by atoms with E-state index in [1.165, 1.54) is 80.7 Å². The van der Waals surface area contributed by atoms with Crippen LogP contribution in [0.3, 0.4) is 0 Å². The zero-order valence-electron chi connectivity index (χ0n) is 28.9. The van der Waals surface area contributed by atoms with Crippen LogP contribution < -0.4 is 10.6 Å². The Bertz CT molecular complexity index is 2240. The third-order valence-electron chi connectivity index (χ3n) is 11.5. The molecule has 9 rings (SSSR count). The van der Waals surface area contributed by atoms with Crippen LogP contribution in [0.15, 0.2) is 134 Å². The summed E-state index contributed by atoms with van der Waals surface area (Å²) in [5.41, 5.74) is 21.9. The van der Waals surface area contributed by atoms with Gasteiger partial charge in [-0.05, 0) is 134 Å². The molecule has 0 spiro atoms. The number of para-hydroxylation sites is 1. The third-order valence-corrected chi connectivity index (χ3v) is 11.5. The molecule has 4 aromatic carbocycles. The maximum atomic E-state index is 6.48. The first-order valence-corrected chi connectivity index (χ1v) is 18.6. The SMILES string of the molecule is C/C=C\C=C(/N)c1cccc(N2c3ccc(C4=Cc5c(n(-c6ccc(C7C=CCCC7)cc6)c6ccccc56)CC4)cc3C3C=CCCC32)c1. The Labute approximate surface area is 296 Å². The van der Waals surface area contributed by atoms with Gasteiger partial charge in [-0.25, -0.2) is 0 Å². The average molecular weight is 652 g/mol. The molecule has 3 atom stereocenters. The molecule has 0 saturated heterocycles. The summed E-state index contributed by atoms with van der Waals surface area (Å²) in [6.45, 7) is 2.02. The predicted octanol–water partition coefficient (Wildman–Crippen LogP) is 11.8. The Balaban J connectivity index is 1.09. The van der Waals surface area contributed by atoms with E-state index in [9.17, 15) is 0 Å². The van der Waals surface area contributed by atoms with E-state index in [1.54, 1.807) is 0 Å². The summed E-state index contributed by atoms with van der Waals surface area (Å²) in [6.07, 6.45) is 26.1. The van der Waals surface area contributed by atoms with E-state index in [4.69, 9.17) is 5.73 Å². The molecular formula is C47H45N3. The van der Waals surface area contributed by atoms with Gasteiger partial charge in [-0.1, -0.05) is 85.0 Å². The van der Waals surface area contributed by atoms with Gasteiger partial charge in [0.2, 0.25) is 0 Å². The molecule has 0 radical (unpaired) electrons. The largest absolute Gasteiger partial charge is 0.398 e. The molecule has 3 nitrogen and oxygen atoms in total. The van der Waals surface area contributed by atoms with Crippen molar-refractivity contribution in [3.63, 3.8) is 0 Å². The number of fused-ring (bicyclic) bond motifs is 6. The van der Waals surface area contributed by atoms with Gasteiger partial charge in [0.1, 0.15) is 0 Å². The molecule has 0 saturated carbocycles. The van der Waals surface area contributed by atoms with E-state index in [1.807, 2.05) is 25.2 Å². The smallest absolute Gasteiger partial charge is 0.0537 e. The summed E-state index contributed by atoms with van der Waals surface area (Å²) in [5.74, 6) is 0.929. The van der Waals surface area contributed by atoms with E-state index in [0.29, 0.717) is 17.9 Å². The van der Waals surface area contributed by atoms with Crippen LogP contribution in [-0.4, -0.2) is 10.6 Å². The number of nitrogens with zero attached hydrogens (tertiary/aromatic N) is 2. The van der Waals surface area contributed by atoms with Gasteiger partial charge in [0.05, 0.1) is 5.52 Å². The van der Waals surface area contributed by atoms with E-state index >= 15 is 0 Å². The maximum absolute atomic E-state index is 6.48. The van der Waals surface area contributed by atoms with Crippen LogP contribution in [-0.2, 0) is 6.42 Å². The lowest BCUT2D eigenvalue weighted by atomic mass is 9.85. The van der Waals surface area contributed by atoms with Gasteiger partial charge in [-0.15, -0.1) is 0 Å². The second-order valence-electron chi connectivity index (χ2n) is 14.4. The van der Waals surface area contributed by atoms with E-state index in [2.05, 4.69) is 131 Å². The van der Waals surface area contributed by atoms with Crippen LogP contribution >= 0.6 is 0 Å². The van der Waals surface area contributed by atoms with Crippen LogP contribution in [0.2, 0.25) is 0 Å². The zero-order valence-corrected chi connectivity index (χ0v) is 28.9. The van der Waals surface area contributed by atoms with Gasteiger partial charge in [-0.2, -0.15) is 0 Å². The Kier molecular flexibility index (Phi) is 7.92. The van der Waals surface area contributed by atoms with Gasteiger partial charge in [0, 0.05) is 57.3 Å². The molecule has 3 heteroatoms. The first kappa shape index (κ1) is 30.8. The highest BCUT2D eigenvalue weighted by Crippen LogP contribution is 2.50. The van der Waals surface area contributed by atoms with Crippen LogP contribution in [0, 0.1) is 0 Å². The summed E-state index contributed by atoms with van der Waals surface area (Å²) >= 11 is 0. The fourth-order valence-corrected chi connectivity index (χ4v) is 9.01. The lowest BCUT2D eigenvalue weighted by Gasteiger charge is -2.31. The second-order valence-corrected chi connectivity index (χ2v) is 14.4. The van der Waals surface area contributed by atoms with Crippen molar-refractivity contribution >= 4 is 39.6 Å². The van der Waals surface area contributed by atoms with E-state index < -0.39 is 0 Å². The molecule has 0 amide bonds. The van der Waals surface area contributed by atoms with Gasteiger partial charge in [0.15, 0.2) is 0 Å². The number of hydrogen-bond acceptors (Lipinski definition) is 2. The Hall–Kier alpha value is -5.28. The number of aromatic nitrogens is 1. The molecule has 0 fully saturated rings. The summed E-state index contributed by atoms with van der Waals surface area (Å²) in [7, 11) is 0. The molecule has 5 aromatic rings. The van der Waals surface area contributed by atoms with Crippen LogP contribution in [0.1, 0.15) is 90.8 Å². The number of anilines is 2. The summed E-state index contributed by atoms with van der Waals surface area (Å²) in [4.78, 5) is 2.58. The molecule has 1 aromatic heterocycles. The summed E-state index contributed by atoms with van der Waals surface area (Å²) in [5, 5.41) is 1.34. The van der Waals surface area contributed by atoms with E-state index in [-0.39, 0.29) is 0 Å². The highest BCUT2D eigenvalue weighted by atomic mass is 15.2. The number of nitrogens with two attached hydrogens (primary N) is 1. The molecule has 2 N–H and O–H groups in total. The minimum Gasteiger partial charge on any atom is -0.398 e. The minimum absolute atomic E-state index is 0.381. The molecule has 50 heavy (non-hydrogen) atoms. The zero-order chi connectivity index (χ0) is 33.6. The Morgan fingerprint density at radius 3 is 2.56 bits per heavy atom. The monoisotopic (exact) mass is 651 g/mol. The molecule has 1 aliphatic heterocycles. The van der Waals surface area contributed by atoms with Crippen LogP contribution in [0.4, 0.5) is 11.4 Å². The summed E-state index contributed by atoms with van der Waals surface area (Å²) < 4.78 is 2.52. The highest BCUT2D eigenvalue weighted by molar-refractivity contribution is 5.99. The van der Waals surface area contributed by atoms with Crippen molar-refractivity contribution in [2.24, 2.45) is 5.73 Å². The van der Waals surface area contributed by atoms with Crippen molar-refractivity contribution in [1.29, 1.82) is 0 Å². The third kappa shape index (κ3) is 5.28. The number of benzene rings is 4. The fourth-order valence-electron chi connectivity index (χ4n) is 9.01. The lowest BCUT2D eigenvalue weighted by Crippen LogP contribution is -2.30. The molecule has 2 heterocycles. The Morgan fingerprint density at radius 2 is 1.70 bits per heavy atom. The molecule has 248 valence electrons. The van der Waals surface area contributed by atoms with Gasteiger partial charge < -0.3 is 15.2 Å². The van der Waals surface area contributed by atoms with Crippen molar-refractivity contribution < 1.29 is 0 Å². The highest BCUT2D eigenvalue weighted by Gasteiger charge is 2.39. The number of rotatable bonds is 6.